The Labute approximate surface area is 186 Å². The Morgan fingerprint density at radius 2 is 1.75 bits per heavy atom. The van der Waals surface area contributed by atoms with Crippen molar-refractivity contribution in [1.82, 2.24) is 5.32 Å². The number of hydrogen-bond acceptors (Lipinski definition) is 6. The number of fused-ring (bicyclic) bond motifs is 1. The van der Waals surface area contributed by atoms with Crippen molar-refractivity contribution in [3.8, 4) is 28.7 Å². The Hall–Kier alpha value is -3.87. The Morgan fingerprint density at radius 3 is 2.56 bits per heavy atom. The largest absolute Gasteiger partial charge is 0.493 e. The average molecular weight is 435 g/mol. The van der Waals surface area contributed by atoms with Crippen molar-refractivity contribution in [3.63, 3.8) is 0 Å². The van der Waals surface area contributed by atoms with Crippen molar-refractivity contribution >= 4 is 5.91 Å². The third-order valence-corrected chi connectivity index (χ3v) is 4.96. The van der Waals surface area contributed by atoms with Gasteiger partial charge in [-0.3, -0.25) is 4.79 Å². The van der Waals surface area contributed by atoms with Crippen LogP contribution in [0.5, 0.6) is 28.7 Å². The zero-order valence-corrected chi connectivity index (χ0v) is 18.1. The SMILES string of the molecule is CCOc1ccc(C(=O)NCc2ccc3c(c2)OCO3)cc1COc1ccccc1OC. The number of para-hydroxylation sites is 2. The summed E-state index contributed by atoms with van der Waals surface area (Å²) in [7, 11) is 1.60. The third kappa shape index (κ3) is 4.88. The van der Waals surface area contributed by atoms with Crippen LogP contribution in [0.25, 0.3) is 0 Å². The van der Waals surface area contributed by atoms with Crippen LogP contribution in [0.1, 0.15) is 28.4 Å². The van der Waals surface area contributed by atoms with Crippen LogP contribution in [0.15, 0.2) is 60.7 Å². The fourth-order valence-corrected chi connectivity index (χ4v) is 3.36. The van der Waals surface area contributed by atoms with Gasteiger partial charge < -0.3 is 29.0 Å². The molecule has 0 bridgehead atoms. The first-order chi connectivity index (χ1) is 15.7. The van der Waals surface area contributed by atoms with E-state index >= 15 is 0 Å². The third-order valence-electron chi connectivity index (χ3n) is 4.96. The molecule has 0 atom stereocenters. The zero-order valence-electron chi connectivity index (χ0n) is 18.1. The molecule has 0 fully saturated rings. The number of rotatable bonds is 9. The van der Waals surface area contributed by atoms with Gasteiger partial charge in [0, 0.05) is 17.7 Å². The average Bonchev–Trinajstić information content (AvgIpc) is 3.30. The molecule has 1 heterocycles. The molecule has 0 unspecified atom stereocenters. The summed E-state index contributed by atoms with van der Waals surface area (Å²) >= 11 is 0. The molecule has 0 spiro atoms. The molecule has 1 N–H and O–H groups in total. The molecule has 1 aliphatic rings. The molecule has 3 aromatic carbocycles. The highest BCUT2D eigenvalue weighted by molar-refractivity contribution is 5.94. The number of carbonyl (C=O) groups is 1. The van der Waals surface area contributed by atoms with E-state index in [0.717, 1.165) is 11.1 Å². The van der Waals surface area contributed by atoms with E-state index in [-0.39, 0.29) is 19.3 Å². The second kappa shape index (κ2) is 9.96. The van der Waals surface area contributed by atoms with Crippen molar-refractivity contribution < 1.29 is 28.5 Å². The molecule has 166 valence electrons. The van der Waals surface area contributed by atoms with Crippen LogP contribution in [-0.2, 0) is 13.2 Å². The Kier molecular flexibility index (Phi) is 6.65. The van der Waals surface area contributed by atoms with Gasteiger partial charge in [0.25, 0.3) is 5.91 Å². The van der Waals surface area contributed by atoms with Crippen molar-refractivity contribution in [1.29, 1.82) is 0 Å². The second-order valence-electron chi connectivity index (χ2n) is 7.07. The molecule has 1 amide bonds. The normalized spacial score (nSPS) is 11.7. The van der Waals surface area contributed by atoms with Gasteiger partial charge in [-0.25, -0.2) is 0 Å². The van der Waals surface area contributed by atoms with Crippen molar-refractivity contribution in [2.24, 2.45) is 0 Å². The van der Waals surface area contributed by atoms with Gasteiger partial charge in [0.1, 0.15) is 12.4 Å². The Morgan fingerprint density at radius 1 is 0.938 bits per heavy atom. The van der Waals surface area contributed by atoms with Gasteiger partial charge in [-0.05, 0) is 55.0 Å². The van der Waals surface area contributed by atoms with Crippen LogP contribution in [0.3, 0.4) is 0 Å². The first-order valence-electron chi connectivity index (χ1n) is 10.4. The molecular weight excluding hydrogens is 410 g/mol. The van der Waals surface area contributed by atoms with Crippen LogP contribution in [-0.4, -0.2) is 26.4 Å². The first kappa shape index (κ1) is 21.4. The number of nitrogens with one attached hydrogen (secondary N) is 1. The minimum atomic E-state index is -0.191. The lowest BCUT2D eigenvalue weighted by molar-refractivity contribution is 0.0950. The highest BCUT2D eigenvalue weighted by Crippen LogP contribution is 2.32. The summed E-state index contributed by atoms with van der Waals surface area (Å²) in [5.41, 5.74) is 2.22. The fraction of sp³-hybridized carbons (Fsp3) is 0.240. The lowest BCUT2D eigenvalue weighted by Gasteiger charge is -2.15. The lowest BCUT2D eigenvalue weighted by atomic mass is 10.1. The molecule has 7 nitrogen and oxygen atoms in total. The highest BCUT2D eigenvalue weighted by Gasteiger charge is 2.15. The summed E-state index contributed by atoms with van der Waals surface area (Å²) in [5.74, 6) is 3.15. The van der Waals surface area contributed by atoms with E-state index < -0.39 is 0 Å². The predicted molar refractivity (Wildman–Crippen MR) is 119 cm³/mol. The molecule has 4 rings (SSSR count). The molecular formula is C25H25NO6. The van der Waals surface area contributed by atoms with E-state index in [0.29, 0.717) is 47.5 Å². The van der Waals surface area contributed by atoms with E-state index in [1.165, 1.54) is 0 Å². The van der Waals surface area contributed by atoms with E-state index in [2.05, 4.69) is 5.32 Å². The summed E-state index contributed by atoms with van der Waals surface area (Å²) in [6.45, 7) is 3.25. The molecule has 0 aliphatic carbocycles. The van der Waals surface area contributed by atoms with Crippen LogP contribution in [0.4, 0.5) is 0 Å². The van der Waals surface area contributed by atoms with Crippen LogP contribution in [0, 0.1) is 0 Å². The number of ether oxygens (including phenoxy) is 5. The summed E-state index contributed by atoms with van der Waals surface area (Å²) in [6, 6.07) is 18.4. The smallest absolute Gasteiger partial charge is 0.251 e. The Balaban J connectivity index is 1.45. The van der Waals surface area contributed by atoms with Gasteiger partial charge in [-0.1, -0.05) is 18.2 Å². The first-order valence-corrected chi connectivity index (χ1v) is 10.4. The van der Waals surface area contributed by atoms with Gasteiger partial charge in [0.2, 0.25) is 6.79 Å². The van der Waals surface area contributed by atoms with Crippen molar-refractivity contribution in [2.45, 2.75) is 20.1 Å². The summed E-state index contributed by atoms with van der Waals surface area (Å²) < 4.78 is 27.7. The zero-order chi connectivity index (χ0) is 22.3. The van der Waals surface area contributed by atoms with E-state index in [1.807, 2.05) is 49.4 Å². The molecule has 7 heteroatoms. The molecule has 32 heavy (non-hydrogen) atoms. The minimum absolute atomic E-state index is 0.191. The molecule has 0 saturated carbocycles. The van der Waals surface area contributed by atoms with Crippen molar-refractivity contribution in [2.75, 3.05) is 20.5 Å². The van der Waals surface area contributed by atoms with Gasteiger partial charge in [-0.2, -0.15) is 0 Å². The van der Waals surface area contributed by atoms with Crippen LogP contribution < -0.4 is 29.0 Å². The maximum atomic E-state index is 12.8. The van der Waals surface area contributed by atoms with Crippen LogP contribution >= 0.6 is 0 Å². The fourth-order valence-electron chi connectivity index (χ4n) is 3.36. The summed E-state index contributed by atoms with van der Waals surface area (Å²) in [5, 5.41) is 2.94. The van der Waals surface area contributed by atoms with E-state index in [9.17, 15) is 4.79 Å². The highest BCUT2D eigenvalue weighted by atomic mass is 16.7. The monoisotopic (exact) mass is 435 g/mol. The van der Waals surface area contributed by atoms with Crippen molar-refractivity contribution in [3.05, 3.63) is 77.4 Å². The second-order valence-corrected chi connectivity index (χ2v) is 7.07. The standard InChI is InChI=1S/C25H25NO6/c1-3-29-20-11-9-18(13-19(20)15-30-22-7-5-4-6-21(22)28-2)25(27)26-14-17-8-10-23-24(12-17)32-16-31-23/h4-13H,3,14-16H2,1-2H3,(H,26,27). The minimum Gasteiger partial charge on any atom is -0.493 e. The molecule has 1 aliphatic heterocycles. The van der Waals surface area contributed by atoms with Gasteiger partial charge in [-0.15, -0.1) is 0 Å². The molecule has 0 radical (unpaired) electrons. The number of carbonyl (C=O) groups excluding carboxylic acids is 1. The molecule has 0 saturated heterocycles. The Bertz CT molecular complexity index is 1100. The number of methoxy groups -OCH3 is 1. The van der Waals surface area contributed by atoms with E-state index in [4.69, 9.17) is 23.7 Å². The van der Waals surface area contributed by atoms with Gasteiger partial charge >= 0.3 is 0 Å². The summed E-state index contributed by atoms with van der Waals surface area (Å²) in [6.07, 6.45) is 0. The lowest BCUT2D eigenvalue weighted by Crippen LogP contribution is -2.23. The molecule has 0 aromatic heterocycles. The quantitative estimate of drug-likeness (QED) is 0.539. The number of hydrogen-bond donors (Lipinski definition) is 1. The number of amides is 1. The van der Waals surface area contributed by atoms with Crippen LogP contribution in [0.2, 0.25) is 0 Å². The van der Waals surface area contributed by atoms with Gasteiger partial charge in [0.05, 0.1) is 13.7 Å². The maximum Gasteiger partial charge on any atom is 0.251 e. The van der Waals surface area contributed by atoms with Gasteiger partial charge in [0.15, 0.2) is 23.0 Å². The summed E-state index contributed by atoms with van der Waals surface area (Å²) in [4.78, 5) is 12.8. The molecule has 3 aromatic rings. The maximum absolute atomic E-state index is 12.8. The van der Waals surface area contributed by atoms with E-state index in [1.54, 1.807) is 25.3 Å². The topological polar surface area (TPSA) is 75.3 Å². The predicted octanol–water partition coefficient (Wildman–Crippen LogP) is 4.33. The number of benzene rings is 3.